The van der Waals surface area contributed by atoms with E-state index in [-0.39, 0.29) is 0 Å². The minimum absolute atomic E-state index is 0.371. The summed E-state index contributed by atoms with van der Waals surface area (Å²) in [5.41, 5.74) is 1.82. The quantitative estimate of drug-likeness (QED) is 0.127. The molecule has 0 aliphatic carbocycles. The second-order valence-corrected chi connectivity index (χ2v) is 10.1. The molecule has 198 valence electrons. The molecule has 1 fully saturated rings. The predicted molar refractivity (Wildman–Crippen MR) is 147 cm³/mol. The second kappa shape index (κ2) is 16.8. The smallest absolute Gasteiger partial charge is 0.494 e. The molecule has 3 rings (SSSR count). The van der Waals surface area contributed by atoms with Gasteiger partial charge in [0, 0.05) is 30.2 Å². The molecule has 0 unspecified atom stereocenters. The zero-order valence-corrected chi connectivity index (χ0v) is 22.5. The summed E-state index contributed by atoms with van der Waals surface area (Å²) in [7, 11) is -0.676. The Hall–Kier alpha value is -1.92. The third-order valence-corrected chi connectivity index (χ3v) is 6.98. The molecular weight excluding hydrogens is 452 g/mol. The fourth-order valence-electron chi connectivity index (χ4n) is 4.68. The highest BCUT2D eigenvalue weighted by Gasteiger charge is 2.32. The highest BCUT2D eigenvalue weighted by molar-refractivity contribution is 6.61. The summed E-state index contributed by atoms with van der Waals surface area (Å²) in [4.78, 5) is 4.20. The number of hydrogen-bond acceptors (Lipinski definition) is 4. The predicted octanol–water partition coefficient (Wildman–Crippen LogP) is 7.74. The monoisotopic (exact) mass is 497 g/mol. The van der Waals surface area contributed by atoms with E-state index in [4.69, 9.17) is 14.0 Å². The van der Waals surface area contributed by atoms with Crippen molar-refractivity contribution in [2.75, 3.05) is 19.8 Å². The summed E-state index contributed by atoms with van der Waals surface area (Å²) < 4.78 is 32.5. The van der Waals surface area contributed by atoms with Crippen LogP contribution in [0.2, 0.25) is 0 Å². The molecule has 1 aromatic heterocycles. The third kappa shape index (κ3) is 9.86. The van der Waals surface area contributed by atoms with Crippen molar-refractivity contribution >= 4 is 12.6 Å². The van der Waals surface area contributed by atoms with Crippen LogP contribution >= 0.6 is 0 Å². The highest BCUT2D eigenvalue weighted by Crippen LogP contribution is 2.22. The van der Waals surface area contributed by atoms with Gasteiger partial charge in [0.05, 0.1) is 12.3 Å². The van der Waals surface area contributed by atoms with Gasteiger partial charge < -0.3 is 14.0 Å². The van der Waals surface area contributed by atoms with Crippen molar-refractivity contribution < 1.29 is 18.4 Å². The van der Waals surface area contributed by atoms with Crippen LogP contribution < -0.4 is 10.2 Å². The molecule has 4 nitrogen and oxygen atoms in total. The Morgan fingerprint density at radius 3 is 2.06 bits per heavy atom. The lowest BCUT2D eigenvalue weighted by Crippen LogP contribution is -2.46. The Bertz CT molecular complexity index is 856. The molecule has 1 aliphatic rings. The molecule has 0 saturated carbocycles. The largest absolute Gasteiger partial charge is 0.498 e. The van der Waals surface area contributed by atoms with Crippen LogP contribution in [0.15, 0.2) is 36.4 Å². The standard InChI is InChI=1S/C30H45BFNO3/c1-3-5-7-9-11-13-15-25-23-35-31(36-24-25)28-20-21-29(33-30(28)32)26-16-18-27(19-17-26)34-22-14-12-10-8-6-4-2/h16-21,25H,3-15,22-24H2,1-2H3. The summed E-state index contributed by atoms with van der Waals surface area (Å²) in [6.45, 7) is 6.43. The van der Waals surface area contributed by atoms with Gasteiger partial charge in [0.2, 0.25) is 5.95 Å². The molecule has 2 aromatic rings. The maximum atomic E-state index is 14.9. The van der Waals surface area contributed by atoms with E-state index in [1.807, 2.05) is 30.3 Å². The van der Waals surface area contributed by atoms with Crippen molar-refractivity contribution in [2.24, 2.45) is 5.92 Å². The van der Waals surface area contributed by atoms with Gasteiger partial charge >= 0.3 is 7.12 Å². The van der Waals surface area contributed by atoms with Gasteiger partial charge in [-0.1, -0.05) is 90.5 Å². The number of pyridine rings is 1. The number of unbranched alkanes of at least 4 members (excludes halogenated alkanes) is 10. The zero-order valence-electron chi connectivity index (χ0n) is 22.5. The minimum atomic E-state index is -0.676. The Labute approximate surface area is 218 Å². The molecule has 0 spiro atoms. The van der Waals surface area contributed by atoms with Crippen LogP contribution in [0.4, 0.5) is 4.39 Å². The number of benzene rings is 1. The van der Waals surface area contributed by atoms with Gasteiger partial charge in [0.25, 0.3) is 0 Å². The Morgan fingerprint density at radius 1 is 0.806 bits per heavy atom. The first-order valence-electron chi connectivity index (χ1n) is 14.3. The first kappa shape index (κ1) is 28.7. The number of halogens is 1. The Morgan fingerprint density at radius 2 is 1.42 bits per heavy atom. The van der Waals surface area contributed by atoms with Crippen LogP contribution in [-0.4, -0.2) is 31.9 Å². The van der Waals surface area contributed by atoms with Crippen molar-refractivity contribution in [3.63, 3.8) is 0 Å². The summed E-state index contributed by atoms with van der Waals surface area (Å²) in [5.74, 6) is 0.698. The lowest BCUT2D eigenvalue weighted by atomic mass is 9.77. The van der Waals surface area contributed by atoms with Crippen LogP contribution in [0.3, 0.4) is 0 Å². The lowest BCUT2D eigenvalue weighted by molar-refractivity contribution is 0.0806. The number of aromatic nitrogens is 1. The third-order valence-electron chi connectivity index (χ3n) is 6.98. The van der Waals surface area contributed by atoms with Crippen molar-refractivity contribution in [3.8, 4) is 17.0 Å². The summed E-state index contributed by atoms with van der Waals surface area (Å²) in [6, 6.07) is 11.3. The lowest BCUT2D eigenvalue weighted by Gasteiger charge is -2.27. The van der Waals surface area contributed by atoms with E-state index in [1.54, 1.807) is 6.07 Å². The van der Waals surface area contributed by atoms with E-state index in [1.165, 1.54) is 70.6 Å². The Kier molecular flexibility index (Phi) is 13.3. The number of ether oxygens (including phenoxy) is 1. The van der Waals surface area contributed by atoms with Crippen LogP contribution in [0.5, 0.6) is 5.75 Å². The average Bonchev–Trinajstić information content (AvgIpc) is 2.91. The SMILES string of the molecule is CCCCCCCCOc1ccc(-c2ccc(B3OCC(CCCCCCCC)CO3)c(F)n2)cc1. The molecule has 0 N–H and O–H groups in total. The van der Waals surface area contributed by atoms with E-state index < -0.39 is 13.1 Å². The summed E-state index contributed by atoms with van der Waals surface area (Å²) in [5, 5.41) is 0. The topological polar surface area (TPSA) is 40.6 Å². The van der Waals surface area contributed by atoms with Gasteiger partial charge in [-0.3, -0.25) is 0 Å². The van der Waals surface area contributed by atoms with E-state index in [0.717, 1.165) is 30.8 Å². The van der Waals surface area contributed by atoms with Gasteiger partial charge in [-0.2, -0.15) is 4.39 Å². The molecule has 1 saturated heterocycles. The number of rotatable bonds is 17. The maximum Gasteiger partial charge on any atom is 0.498 e. The molecule has 1 aliphatic heterocycles. The van der Waals surface area contributed by atoms with Gasteiger partial charge in [-0.15, -0.1) is 0 Å². The molecule has 0 radical (unpaired) electrons. The normalized spacial score (nSPS) is 14.4. The molecular formula is C30H45BFNO3. The maximum absolute atomic E-state index is 14.9. The number of hydrogen-bond donors (Lipinski definition) is 0. The fourth-order valence-corrected chi connectivity index (χ4v) is 4.68. The van der Waals surface area contributed by atoms with Crippen LogP contribution in [0, 0.1) is 11.9 Å². The minimum Gasteiger partial charge on any atom is -0.494 e. The van der Waals surface area contributed by atoms with Crippen molar-refractivity contribution in [2.45, 2.75) is 97.3 Å². The average molecular weight is 498 g/mol. The van der Waals surface area contributed by atoms with Gasteiger partial charge in [0.1, 0.15) is 5.75 Å². The summed E-state index contributed by atoms with van der Waals surface area (Å²) >= 11 is 0. The highest BCUT2D eigenvalue weighted by atomic mass is 19.1. The van der Waals surface area contributed by atoms with Crippen molar-refractivity contribution in [1.82, 2.24) is 4.98 Å². The van der Waals surface area contributed by atoms with Crippen LogP contribution in [0.25, 0.3) is 11.3 Å². The van der Waals surface area contributed by atoms with Gasteiger partial charge in [-0.25, -0.2) is 4.98 Å². The molecule has 0 atom stereocenters. The van der Waals surface area contributed by atoms with Crippen molar-refractivity contribution in [3.05, 3.63) is 42.3 Å². The molecule has 6 heteroatoms. The molecule has 2 heterocycles. The summed E-state index contributed by atoms with van der Waals surface area (Å²) in [6.07, 6.45) is 16.3. The van der Waals surface area contributed by atoms with E-state index >= 15 is 0 Å². The van der Waals surface area contributed by atoms with Gasteiger partial charge in [0.15, 0.2) is 0 Å². The van der Waals surface area contributed by atoms with Gasteiger partial charge in [-0.05, 0) is 43.2 Å². The van der Waals surface area contributed by atoms with E-state index in [2.05, 4.69) is 18.8 Å². The van der Waals surface area contributed by atoms with Crippen molar-refractivity contribution in [1.29, 1.82) is 0 Å². The molecule has 1 aromatic carbocycles. The van der Waals surface area contributed by atoms with Crippen LogP contribution in [-0.2, 0) is 9.31 Å². The first-order valence-corrected chi connectivity index (χ1v) is 14.3. The molecule has 0 bridgehead atoms. The fraction of sp³-hybridized carbons (Fsp3) is 0.633. The van der Waals surface area contributed by atoms with E-state index in [0.29, 0.717) is 30.3 Å². The zero-order chi connectivity index (χ0) is 25.4. The molecule has 0 amide bonds. The molecule has 36 heavy (non-hydrogen) atoms. The van der Waals surface area contributed by atoms with Crippen LogP contribution in [0.1, 0.15) is 97.3 Å². The van der Waals surface area contributed by atoms with E-state index in [9.17, 15) is 4.39 Å². The number of nitrogens with zero attached hydrogens (tertiary/aromatic N) is 1. The second-order valence-electron chi connectivity index (χ2n) is 10.1. The Balaban J connectivity index is 1.40. The first-order chi connectivity index (χ1) is 17.7.